The third-order valence-corrected chi connectivity index (χ3v) is 4.89. The van der Waals surface area contributed by atoms with Crippen LogP contribution in [0, 0.1) is 23.7 Å². The Balaban J connectivity index is 1.82. The number of carboxylic acid groups (broad SMARTS) is 1. The summed E-state index contributed by atoms with van der Waals surface area (Å²) in [4.78, 5) is 22.9. The number of nitrogens with two attached hydrogens (primary N) is 1. The highest BCUT2D eigenvalue weighted by Crippen LogP contribution is 2.47. The molecule has 5 atom stereocenters. The molecule has 2 bridgehead atoms. The summed E-state index contributed by atoms with van der Waals surface area (Å²) in [6.07, 6.45) is 4.23. The molecular formula is C14H24N2O3. The van der Waals surface area contributed by atoms with Crippen molar-refractivity contribution in [3.05, 3.63) is 0 Å². The van der Waals surface area contributed by atoms with Crippen molar-refractivity contribution in [2.75, 3.05) is 6.54 Å². The van der Waals surface area contributed by atoms with Gasteiger partial charge in [-0.2, -0.15) is 0 Å². The average molecular weight is 268 g/mol. The molecule has 4 N–H and O–H groups in total. The summed E-state index contributed by atoms with van der Waals surface area (Å²) in [7, 11) is 0. The molecule has 1 amide bonds. The third kappa shape index (κ3) is 3.08. The van der Waals surface area contributed by atoms with Crippen molar-refractivity contribution in [3.8, 4) is 0 Å². The van der Waals surface area contributed by atoms with Gasteiger partial charge < -0.3 is 16.2 Å². The van der Waals surface area contributed by atoms with Crippen LogP contribution in [0.4, 0.5) is 0 Å². The monoisotopic (exact) mass is 268 g/mol. The highest BCUT2D eigenvalue weighted by atomic mass is 16.4. The van der Waals surface area contributed by atoms with Gasteiger partial charge in [0.05, 0.1) is 5.92 Å². The molecule has 5 unspecified atom stereocenters. The van der Waals surface area contributed by atoms with E-state index in [0.717, 1.165) is 25.7 Å². The number of amides is 1. The van der Waals surface area contributed by atoms with Crippen LogP contribution in [0.5, 0.6) is 0 Å². The first kappa shape index (κ1) is 14.3. The lowest BCUT2D eigenvalue weighted by Crippen LogP contribution is -2.46. The van der Waals surface area contributed by atoms with E-state index in [4.69, 9.17) is 10.8 Å². The second-order valence-corrected chi connectivity index (χ2v) is 6.05. The maximum absolute atomic E-state index is 12.2. The molecule has 19 heavy (non-hydrogen) atoms. The van der Waals surface area contributed by atoms with Crippen LogP contribution in [-0.4, -0.2) is 29.6 Å². The summed E-state index contributed by atoms with van der Waals surface area (Å²) < 4.78 is 0. The molecule has 5 nitrogen and oxygen atoms in total. The van der Waals surface area contributed by atoms with E-state index in [9.17, 15) is 9.59 Å². The molecule has 0 aromatic rings. The smallest absolute Gasteiger partial charge is 0.303 e. The quantitative estimate of drug-likeness (QED) is 0.669. The number of hydrogen-bond donors (Lipinski definition) is 3. The molecule has 0 spiro atoms. The van der Waals surface area contributed by atoms with Gasteiger partial charge in [0.25, 0.3) is 0 Å². The zero-order valence-electron chi connectivity index (χ0n) is 11.5. The zero-order chi connectivity index (χ0) is 14.0. The molecular weight excluding hydrogens is 244 g/mol. The first-order valence-electron chi connectivity index (χ1n) is 7.28. The Morgan fingerprint density at radius 1 is 1.37 bits per heavy atom. The zero-order valence-corrected chi connectivity index (χ0v) is 11.5. The molecule has 0 aromatic heterocycles. The van der Waals surface area contributed by atoms with Crippen LogP contribution in [0.25, 0.3) is 0 Å². The Morgan fingerprint density at radius 3 is 2.58 bits per heavy atom. The van der Waals surface area contributed by atoms with Gasteiger partial charge in [0.2, 0.25) is 5.91 Å². The fraction of sp³-hybridized carbons (Fsp3) is 0.857. The fourth-order valence-electron chi connectivity index (χ4n) is 3.70. The summed E-state index contributed by atoms with van der Waals surface area (Å²) in [6, 6.07) is -0.00157. The molecule has 2 fully saturated rings. The maximum atomic E-state index is 12.2. The lowest BCUT2D eigenvalue weighted by atomic mass is 9.84. The first-order valence-corrected chi connectivity index (χ1v) is 7.28. The van der Waals surface area contributed by atoms with Crippen LogP contribution >= 0.6 is 0 Å². The number of hydrogen-bond acceptors (Lipinski definition) is 3. The summed E-state index contributed by atoms with van der Waals surface area (Å²) in [6.45, 7) is 2.39. The Hall–Kier alpha value is -1.10. The molecule has 0 saturated heterocycles. The minimum Gasteiger partial charge on any atom is -0.481 e. The Kier molecular flexibility index (Phi) is 4.45. The molecule has 2 rings (SSSR count). The van der Waals surface area contributed by atoms with Gasteiger partial charge in [-0.1, -0.05) is 13.3 Å². The van der Waals surface area contributed by atoms with Crippen LogP contribution in [-0.2, 0) is 9.59 Å². The Morgan fingerprint density at radius 2 is 2.05 bits per heavy atom. The van der Waals surface area contributed by atoms with Crippen molar-refractivity contribution in [1.82, 2.24) is 5.32 Å². The molecule has 2 aliphatic rings. The van der Waals surface area contributed by atoms with Crippen molar-refractivity contribution in [3.63, 3.8) is 0 Å². The Labute approximate surface area is 113 Å². The highest BCUT2D eigenvalue weighted by Gasteiger charge is 2.48. The SMILES string of the molecule is CCC(CNC(=O)C1C2CCC(C2)C1N)CC(=O)O. The van der Waals surface area contributed by atoms with Gasteiger partial charge in [-0.15, -0.1) is 0 Å². The molecule has 0 heterocycles. The molecule has 2 aliphatic carbocycles. The normalized spacial score (nSPS) is 34.2. The molecule has 2 saturated carbocycles. The van der Waals surface area contributed by atoms with Gasteiger partial charge in [0.15, 0.2) is 0 Å². The van der Waals surface area contributed by atoms with Crippen molar-refractivity contribution >= 4 is 11.9 Å². The van der Waals surface area contributed by atoms with Gasteiger partial charge in [0.1, 0.15) is 0 Å². The third-order valence-electron chi connectivity index (χ3n) is 4.89. The van der Waals surface area contributed by atoms with Gasteiger partial charge in [-0.25, -0.2) is 0 Å². The second kappa shape index (κ2) is 5.90. The van der Waals surface area contributed by atoms with E-state index in [0.29, 0.717) is 18.4 Å². The van der Waals surface area contributed by atoms with Gasteiger partial charge in [0, 0.05) is 19.0 Å². The first-order chi connectivity index (χ1) is 9.02. The van der Waals surface area contributed by atoms with E-state index >= 15 is 0 Å². The number of fused-ring (bicyclic) bond motifs is 2. The van der Waals surface area contributed by atoms with E-state index < -0.39 is 5.97 Å². The standard InChI is InChI=1S/C14H24N2O3/c1-2-8(5-11(17)18)7-16-14(19)12-9-3-4-10(6-9)13(12)15/h8-10,12-13H,2-7,15H2,1H3,(H,16,19)(H,17,18). The van der Waals surface area contributed by atoms with E-state index in [1.54, 1.807) is 0 Å². The van der Waals surface area contributed by atoms with Crippen LogP contribution in [0.1, 0.15) is 39.0 Å². The van der Waals surface area contributed by atoms with Crippen molar-refractivity contribution in [1.29, 1.82) is 0 Å². The van der Waals surface area contributed by atoms with Gasteiger partial charge in [-0.05, 0) is 37.0 Å². The number of aliphatic carboxylic acids is 1. The van der Waals surface area contributed by atoms with E-state index in [1.165, 1.54) is 0 Å². The van der Waals surface area contributed by atoms with Gasteiger partial charge in [-0.3, -0.25) is 9.59 Å². The van der Waals surface area contributed by atoms with Crippen LogP contribution in [0.15, 0.2) is 0 Å². The van der Waals surface area contributed by atoms with Crippen molar-refractivity contribution in [2.24, 2.45) is 29.4 Å². The topological polar surface area (TPSA) is 92.4 Å². The molecule has 108 valence electrons. The predicted molar refractivity (Wildman–Crippen MR) is 71.3 cm³/mol. The molecule has 0 aliphatic heterocycles. The predicted octanol–water partition coefficient (Wildman–Crippen LogP) is 0.977. The fourth-order valence-corrected chi connectivity index (χ4v) is 3.70. The summed E-state index contributed by atoms with van der Waals surface area (Å²) in [5.41, 5.74) is 6.13. The van der Waals surface area contributed by atoms with Crippen molar-refractivity contribution in [2.45, 2.75) is 45.1 Å². The second-order valence-electron chi connectivity index (χ2n) is 6.05. The number of carbonyl (C=O) groups is 2. The lowest BCUT2D eigenvalue weighted by Gasteiger charge is -2.27. The lowest BCUT2D eigenvalue weighted by molar-refractivity contribution is -0.138. The number of carboxylic acids is 1. The molecule has 5 heteroatoms. The highest BCUT2D eigenvalue weighted by molar-refractivity contribution is 5.80. The summed E-state index contributed by atoms with van der Waals surface area (Å²) in [5, 5.41) is 11.7. The summed E-state index contributed by atoms with van der Waals surface area (Å²) >= 11 is 0. The molecule has 0 aromatic carbocycles. The number of carbonyl (C=O) groups excluding carboxylic acids is 1. The van der Waals surface area contributed by atoms with E-state index in [2.05, 4.69) is 5.32 Å². The number of nitrogens with one attached hydrogen (secondary N) is 1. The van der Waals surface area contributed by atoms with Gasteiger partial charge >= 0.3 is 5.97 Å². The average Bonchev–Trinajstić information content (AvgIpc) is 2.94. The van der Waals surface area contributed by atoms with Crippen LogP contribution < -0.4 is 11.1 Å². The van der Waals surface area contributed by atoms with E-state index in [-0.39, 0.29) is 30.2 Å². The number of rotatable bonds is 6. The minimum atomic E-state index is -0.808. The minimum absolute atomic E-state index is 0.00157. The summed E-state index contributed by atoms with van der Waals surface area (Å²) in [5.74, 6) is 0.139. The van der Waals surface area contributed by atoms with E-state index in [1.807, 2.05) is 6.92 Å². The Bertz CT molecular complexity index is 357. The van der Waals surface area contributed by atoms with Crippen molar-refractivity contribution < 1.29 is 14.7 Å². The maximum Gasteiger partial charge on any atom is 0.303 e. The largest absolute Gasteiger partial charge is 0.481 e. The van der Waals surface area contributed by atoms with Crippen LogP contribution in [0.3, 0.4) is 0 Å². The van der Waals surface area contributed by atoms with Crippen LogP contribution in [0.2, 0.25) is 0 Å². The molecule has 0 radical (unpaired) electrons.